The highest BCUT2D eigenvalue weighted by Crippen LogP contribution is 2.39. The van der Waals surface area contributed by atoms with Crippen LogP contribution in [0.3, 0.4) is 0 Å². The van der Waals surface area contributed by atoms with E-state index in [1.807, 2.05) is 0 Å². The molecule has 4 rings (SSSR count). The molecular weight excluding hydrogens is 470 g/mol. The molecule has 0 radical (unpaired) electrons. The molecule has 0 unspecified atom stereocenters. The normalized spacial score (nSPS) is 16.1. The smallest absolute Gasteiger partial charge is 0.382 e. The van der Waals surface area contributed by atoms with Crippen molar-refractivity contribution >= 4 is 40.1 Å². The van der Waals surface area contributed by atoms with Crippen LogP contribution in [0, 0.1) is 5.82 Å². The van der Waals surface area contributed by atoms with E-state index in [0.717, 1.165) is 17.8 Å². The third-order valence-electron chi connectivity index (χ3n) is 5.50. The molecule has 1 aliphatic carbocycles. The largest absolute Gasteiger partial charge is 0.491 e. The third-order valence-corrected chi connectivity index (χ3v) is 5.90. The molecule has 0 atom stereocenters. The molecule has 2 aliphatic rings. The minimum Gasteiger partial charge on any atom is -0.382 e. The van der Waals surface area contributed by atoms with Crippen LogP contribution < -0.4 is 15.6 Å². The van der Waals surface area contributed by atoms with E-state index < -0.39 is 34.9 Å². The molecule has 7 nitrogen and oxygen atoms in total. The van der Waals surface area contributed by atoms with Crippen molar-refractivity contribution in [2.75, 3.05) is 31.6 Å². The number of nitrogens with one attached hydrogen (secondary N) is 1. The molecular formula is C21H18ClF4N3O4. The first-order valence-corrected chi connectivity index (χ1v) is 10.4. The SMILES string of the molecule is CNCC(Cl)=C1CN(c2cc3c(cc2F)c(=O)c(C(=O)OC(=O)C(F)(F)F)cn3C2CC2)C1. The Labute approximate surface area is 189 Å². The lowest BCUT2D eigenvalue weighted by molar-refractivity contribution is -0.193. The van der Waals surface area contributed by atoms with Crippen molar-refractivity contribution < 1.29 is 31.9 Å². The highest BCUT2D eigenvalue weighted by molar-refractivity contribution is 6.30. The Morgan fingerprint density at radius 2 is 1.91 bits per heavy atom. The molecule has 1 aliphatic heterocycles. The second kappa shape index (κ2) is 8.45. The molecule has 2 heterocycles. The Balaban J connectivity index is 1.73. The number of carbonyl (C=O) groups excluding carboxylic acids is 2. The minimum absolute atomic E-state index is 0.117. The van der Waals surface area contributed by atoms with E-state index in [2.05, 4.69) is 10.1 Å². The molecule has 0 spiro atoms. The Morgan fingerprint density at radius 3 is 2.48 bits per heavy atom. The minimum atomic E-state index is -5.40. The van der Waals surface area contributed by atoms with Gasteiger partial charge in [-0.2, -0.15) is 13.2 Å². The number of rotatable bonds is 5. The van der Waals surface area contributed by atoms with Crippen molar-refractivity contribution in [2.45, 2.75) is 25.1 Å². The van der Waals surface area contributed by atoms with Crippen molar-refractivity contribution in [3.63, 3.8) is 0 Å². The maximum Gasteiger partial charge on any atom is 0.491 e. The third kappa shape index (κ3) is 4.47. The van der Waals surface area contributed by atoms with Crippen LogP contribution in [0.5, 0.6) is 0 Å². The molecule has 12 heteroatoms. The number of pyridine rings is 1. The van der Waals surface area contributed by atoms with E-state index in [1.54, 1.807) is 16.5 Å². The Hall–Kier alpha value is -2.92. The van der Waals surface area contributed by atoms with E-state index in [0.29, 0.717) is 43.0 Å². The number of anilines is 1. The maximum atomic E-state index is 14.9. The molecule has 0 bridgehead atoms. The number of halogens is 5. The average molecular weight is 488 g/mol. The van der Waals surface area contributed by atoms with Gasteiger partial charge in [0, 0.05) is 42.3 Å². The summed E-state index contributed by atoms with van der Waals surface area (Å²) in [6, 6.07) is 2.31. The quantitative estimate of drug-likeness (QED) is 0.396. The summed E-state index contributed by atoms with van der Waals surface area (Å²) in [5.41, 5.74) is -0.286. The molecule has 2 fully saturated rings. The van der Waals surface area contributed by atoms with Crippen LogP contribution in [-0.2, 0) is 9.53 Å². The number of aromatic nitrogens is 1. The lowest BCUT2D eigenvalue weighted by atomic mass is 10.0. The number of esters is 2. The number of benzene rings is 1. The van der Waals surface area contributed by atoms with Crippen molar-refractivity contribution in [3.05, 3.63) is 50.5 Å². The summed E-state index contributed by atoms with van der Waals surface area (Å²) in [5, 5.41) is 3.38. The second-order valence-electron chi connectivity index (χ2n) is 7.90. The van der Waals surface area contributed by atoms with E-state index in [-0.39, 0.29) is 17.1 Å². The summed E-state index contributed by atoms with van der Waals surface area (Å²) in [5.74, 6) is -5.20. The van der Waals surface area contributed by atoms with Gasteiger partial charge in [0.05, 0.1) is 11.2 Å². The van der Waals surface area contributed by atoms with Crippen molar-refractivity contribution in [2.24, 2.45) is 0 Å². The predicted molar refractivity (Wildman–Crippen MR) is 112 cm³/mol. The van der Waals surface area contributed by atoms with Gasteiger partial charge >= 0.3 is 18.1 Å². The molecule has 1 aromatic heterocycles. The van der Waals surface area contributed by atoms with Gasteiger partial charge in [0.25, 0.3) is 0 Å². The highest BCUT2D eigenvalue weighted by atomic mass is 35.5. The summed E-state index contributed by atoms with van der Waals surface area (Å²) >= 11 is 6.19. The van der Waals surface area contributed by atoms with Gasteiger partial charge in [-0.1, -0.05) is 11.6 Å². The summed E-state index contributed by atoms with van der Waals surface area (Å²) in [4.78, 5) is 37.7. The number of likely N-dealkylation sites (N-methyl/N-ethyl adjacent to an activating group) is 1. The number of hydrogen-bond donors (Lipinski definition) is 1. The van der Waals surface area contributed by atoms with Gasteiger partial charge in [-0.25, -0.2) is 14.0 Å². The predicted octanol–water partition coefficient (Wildman–Crippen LogP) is 3.25. The molecule has 1 aromatic carbocycles. The number of nitrogens with zero attached hydrogens (tertiary/aromatic N) is 2. The van der Waals surface area contributed by atoms with Gasteiger partial charge in [0.2, 0.25) is 5.43 Å². The van der Waals surface area contributed by atoms with Crippen LogP contribution in [0.25, 0.3) is 10.9 Å². The fourth-order valence-electron chi connectivity index (χ4n) is 3.63. The lowest BCUT2D eigenvalue weighted by Crippen LogP contribution is -2.42. The van der Waals surface area contributed by atoms with Gasteiger partial charge in [0.15, 0.2) is 0 Å². The zero-order chi connectivity index (χ0) is 24.1. The first-order valence-electron chi connectivity index (χ1n) is 9.99. The number of ether oxygens (including phenoxy) is 1. The van der Waals surface area contributed by atoms with E-state index in [9.17, 15) is 31.9 Å². The molecule has 1 saturated carbocycles. The van der Waals surface area contributed by atoms with Gasteiger partial charge in [-0.3, -0.25) is 4.79 Å². The molecule has 176 valence electrons. The number of fused-ring (bicyclic) bond motifs is 1. The zero-order valence-electron chi connectivity index (χ0n) is 17.3. The molecule has 0 amide bonds. The van der Waals surface area contributed by atoms with Gasteiger partial charge in [-0.15, -0.1) is 0 Å². The number of alkyl halides is 3. The summed E-state index contributed by atoms with van der Waals surface area (Å²) in [7, 11) is 1.75. The Bertz CT molecular complexity index is 1240. The van der Waals surface area contributed by atoms with E-state index in [1.165, 1.54) is 6.07 Å². The zero-order valence-corrected chi connectivity index (χ0v) is 18.0. The molecule has 33 heavy (non-hydrogen) atoms. The highest BCUT2D eigenvalue weighted by Gasteiger charge is 2.43. The summed E-state index contributed by atoms with van der Waals surface area (Å²) in [6.07, 6.45) is -2.92. The van der Waals surface area contributed by atoms with Crippen molar-refractivity contribution in [1.29, 1.82) is 0 Å². The molecule has 2 aromatic rings. The van der Waals surface area contributed by atoms with Gasteiger partial charge < -0.3 is 19.5 Å². The monoisotopic (exact) mass is 487 g/mol. The Kier molecular flexibility index (Phi) is 5.95. The van der Waals surface area contributed by atoms with Gasteiger partial charge in [-0.05, 0) is 37.6 Å². The number of hydrogen-bond acceptors (Lipinski definition) is 6. The standard InChI is InChI=1S/C21H18ClF4N3O4/c1-27-6-14(22)10-7-28(8-10)17-5-16-12(4-15(17)23)18(30)13(9-29(16)11-2-3-11)19(31)33-20(32)21(24,25)26/h4-5,9,11,27H,2-3,6-8H2,1H3. The van der Waals surface area contributed by atoms with Gasteiger partial charge in [0.1, 0.15) is 11.4 Å². The van der Waals surface area contributed by atoms with Crippen LogP contribution in [0.4, 0.5) is 23.2 Å². The van der Waals surface area contributed by atoms with Crippen molar-refractivity contribution in [3.8, 4) is 0 Å². The lowest BCUT2D eigenvalue weighted by Gasteiger charge is -2.37. The molecule has 1 N–H and O–H groups in total. The fraction of sp³-hybridized carbons (Fsp3) is 0.381. The summed E-state index contributed by atoms with van der Waals surface area (Å²) < 4.78 is 57.6. The second-order valence-corrected chi connectivity index (χ2v) is 8.36. The van der Waals surface area contributed by atoms with E-state index >= 15 is 0 Å². The summed E-state index contributed by atoms with van der Waals surface area (Å²) in [6.45, 7) is 1.29. The Morgan fingerprint density at radius 1 is 1.24 bits per heavy atom. The van der Waals surface area contributed by atoms with Crippen molar-refractivity contribution in [1.82, 2.24) is 9.88 Å². The first-order chi connectivity index (χ1) is 15.5. The maximum absolute atomic E-state index is 14.9. The van der Waals surface area contributed by atoms with Crippen LogP contribution in [0.2, 0.25) is 0 Å². The topological polar surface area (TPSA) is 80.6 Å². The van der Waals surface area contributed by atoms with Crippen LogP contribution >= 0.6 is 11.6 Å². The first kappa shape index (κ1) is 23.2. The molecule has 1 saturated heterocycles. The van der Waals surface area contributed by atoms with Crippen LogP contribution in [0.1, 0.15) is 29.2 Å². The van der Waals surface area contributed by atoms with E-state index in [4.69, 9.17) is 11.6 Å². The number of carbonyl (C=O) groups is 2. The average Bonchev–Trinajstić information content (AvgIpc) is 3.52. The van der Waals surface area contributed by atoms with Crippen LogP contribution in [-0.4, -0.2) is 49.4 Å². The fourth-order valence-corrected chi connectivity index (χ4v) is 3.89. The van der Waals surface area contributed by atoms with Crippen LogP contribution in [0.15, 0.2) is 33.7 Å².